The van der Waals surface area contributed by atoms with Gasteiger partial charge in [-0.25, -0.2) is 9.18 Å². The molecule has 4 nitrogen and oxygen atoms in total. The van der Waals surface area contributed by atoms with Gasteiger partial charge in [0.2, 0.25) is 0 Å². The van der Waals surface area contributed by atoms with Crippen LogP contribution in [0.4, 0.5) is 4.39 Å². The molecule has 0 radical (unpaired) electrons. The summed E-state index contributed by atoms with van der Waals surface area (Å²) in [4.78, 5) is 10.8. The molecule has 7 heteroatoms. The Bertz CT molecular complexity index is 436. The minimum Gasteiger partial charge on any atom is -0.768 e. The van der Waals surface area contributed by atoms with Gasteiger partial charge in [0.1, 0.15) is 5.82 Å². The number of hydrogen-bond acceptors (Lipinski definition) is 4. The second-order valence-corrected chi connectivity index (χ2v) is 3.72. The van der Waals surface area contributed by atoms with Crippen LogP contribution >= 0.6 is 0 Å². The molecular weight excluding hydrogens is 246 g/mol. The maximum atomic E-state index is 13.2. The number of hydrogen-bond donors (Lipinski definition) is 0. The van der Waals surface area contributed by atoms with Crippen LogP contribution < -0.4 is 29.6 Å². The third kappa shape index (κ3) is 3.36. The van der Waals surface area contributed by atoms with E-state index in [9.17, 15) is 17.9 Å². The van der Waals surface area contributed by atoms with E-state index in [1.807, 2.05) is 0 Å². The zero-order valence-corrected chi connectivity index (χ0v) is 11.9. The maximum Gasteiger partial charge on any atom is 1.00 e. The fourth-order valence-corrected chi connectivity index (χ4v) is 1.63. The number of ether oxygens (including phenoxy) is 1. The quantitative estimate of drug-likeness (QED) is 0.353. The van der Waals surface area contributed by atoms with Crippen LogP contribution in [0.25, 0.3) is 0 Å². The van der Waals surface area contributed by atoms with E-state index < -0.39 is 22.9 Å². The molecule has 1 aromatic carbocycles. The smallest absolute Gasteiger partial charge is 0.768 e. The van der Waals surface area contributed by atoms with Gasteiger partial charge < -0.3 is 9.29 Å². The van der Waals surface area contributed by atoms with Gasteiger partial charge in [0.15, 0.2) is 0 Å². The van der Waals surface area contributed by atoms with Gasteiger partial charge in [0.05, 0.1) is 12.7 Å². The average molecular weight is 254 g/mol. The molecule has 0 aliphatic carbocycles. The Balaban J connectivity index is 0.00000225. The van der Waals surface area contributed by atoms with E-state index in [-0.39, 0.29) is 45.6 Å². The monoisotopic (exact) mass is 254 g/mol. The Morgan fingerprint density at radius 3 is 2.50 bits per heavy atom. The molecule has 1 aromatic rings. The van der Waals surface area contributed by atoms with Crippen LogP contribution in [0.3, 0.4) is 0 Å². The van der Waals surface area contributed by atoms with Crippen molar-refractivity contribution in [1.29, 1.82) is 0 Å². The summed E-state index contributed by atoms with van der Waals surface area (Å²) in [5, 5.41) is 0. The minimum absolute atomic E-state index is 0. The van der Waals surface area contributed by atoms with Gasteiger partial charge in [-0.15, -0.1) is 0 Å². The molecule has 0 amide bonds. The van der Waals surface area contributed by atoms with E-state index in [1.54, 1.807) is 0 Å². The van der Waals surface area contributed by atoms with Crippen molar-refractivity contribution >= 4 is 17.0 Å². The molecule has 82 valence electrons. The predicted octanol–water partition coefficient (Wildman–Crippen LogP) is -1.84. The first-order chi connectivity index (χ1) is 6.97. The summed E-state index contributed by atoms with van der Waals surface area (Å²) in [5.74, 6) is -1.53. The number of rotatable bonds is 2. The van der Waals surface area contributed by atoms with Crippen LogP contribution in [-0.2, 0) is 15.8 Å². The van der Waals surface area contributed by atoms with E-state index in [0.29, 0.717) is 0 Å². The topological polar surface area (TPSA) is 66.4 Å². The van der Waals surface area contributed by atoms with Crippen molar-refractivity contribution in [1.82, 2.24) is 0 Å². The summed E-state index contributed by atoms with van der Waals surface area (Å²) < 4.78 is 39.0. The van der Waals surface area contributed by atoms with Crippen molar-refractivity contribution in [3.8, 4) is 0 Å². The number of carbonyl (C=O) groups excluding carboxylic acids is 1. The van der Waals surface area contributed by atoms with E-state index in [1.165, 1.54) is 6.92 Å². The fourth-order valence-electron chi connectivity index (χ4n) is 1.06. The molecule has 1 rings (SSSR count). The second kappa shape index (κ2) is 6.46. The second-order valence-electron chi connectivity index (χ2n) is 2.81. The summed E-state index contributed by atoms with van der Waals surface area (Å²) in [6.07, 6.45) is 0. The molecule has 1 atom stereocenters. The minimum atomic E-state index is -2.58. The molecule has 0 bridgehead atoms. The first kappa shape index (κ1) is 15.7. The van der Waals surface area contributed by atoms with Crippen LogP contribution in [0.5, 0.6) is 0 Å². The zero-order chi connectivity index (χ0) is 11.6. The Morgan fingerprint density at radius 2 is 2.06 bits per heavy atom. The molecule has 0 heterocycles. The van der Waals surface area contributed by atoms with Crippen molar-refractivity contribution in [2.75, 3.05) is 7.11 Å². The Kier molecular flexibility index (Phi) is 6.35. The van der Waals surface area contributed by atoms with Crippen molar-refractivity contribution in [2.24, 2.45) is 0 Å². The summed E-state index contributed by atoms with van der Waals surface area (Å²) in [7, 11) is 1.13. The van der Waals surface area contributed by atoms with E-state index in [4.69, 9.17) is 0 Å². The summed E-state index contributed by atoms with van der Waals surface area (Å²) in [5.41, 5.74) is -0.143. The van der Waals surface area contributed by atoms with Crippen molar-refractivity contribution in [3.05, 3.63) is 29.1 Å². The van der Waals surface area contributed by atoms with Gasteiger partial charge >= 0.3 is 35.5 Å². The van der Waals surface area contributed by atoms with Crippen LogP contribution in [0, 0.1) is 12.7 Å². The number of carbonyl (C=O) groups is 1. The molecule has 16 heavy (non-hydrogen) atoms. The normalized spacial score (nSPS) is 11.5. The SMILES string of the molecule is COC(=O)c1cc(F)c(C)c(S(=O)[O-])c1.[Na+]. The zero-order valence-electron chi connectivity index (χ0n) is 9.07. The summed E-state index contributed by atoms with van der Waals surface area (Å²) >= 11 is -2.58. The summed E-state index contributed by atoms with van der Waals surface area (Å²) in [6.45, 7) is 1.32. The molecular formula is C9H8FNaO4S. The molecule has 0 fully saturated rings. The molecule has 1 unspecified atom stereocenters. The van der Waals surface area contributed by atoms with Gasteiger partial charge in [-0.1, -0.05) is 0 Å². The number of methoxy groups -OCH3 is 1. The molecule has 0 saturated carbocycles. The largest absolute Gasteiger partial charge is 1.00 e. The van der Waals surface area contributed by atoms with Crippen LogP contribution in [0.1, 0.15) is 15.9 Å². The Hall–Kier alpha value is -0.270. The van der Waals surface area contributed by atoms with E-state index >= 15 is 0 Å². The molecule has 0 spiro atoms. The predicted molar refractivity (Wildman–Crippen MR) is 49.7 cm³/mol. The van der Waals surface area contributed by atoms with Gasteiger partial charge in [-0.2, -0.15) is 0 Å². The van der Waals surface area contributed by atoms with Crippen LogP contribution in [0.15, 0.2) is 17.0 Å². The third-order valence-corrected chi connectivity index (χ3v) is 2.68. The van der Waals surface area contributed by atoms with Crippen molar-refractivity contribution < 1.29 is 52.2 Å². The first-order valence-corrected chi connectivity index (χ1v) is 5.02. The Labute approximate surface area is 117 Å². The summed E-state index contributed by atoms with van der Waals surface area (Å²) in [6, 6.07) is 2.02. The standard InChI is InChI=1S/C9H9FO4S.Na/c1-5-7(10)3-6(9(11)14-2)4-8(5)15(12)13;/h3-4H,1-2H3,(H,12,13);/q;+1/p-1. The van der Waals surface area contributed by atoms with Crippen molar-refractivity contribution in [2.45, 2.75) is 11.8 Å². The molecule has 0 N–H and O–H groups in total. The van der Waals surface area contributed by atoms with Gasteiger partial charge in [0.25, 0.3) is 0 Å². The number of halogens is 1. The first-order valence-electron chi connectivity index (χ1n) is 3.95. The van der Waals surface area contributed by atoms with Crippen LogP contribution in [0.2, 0.25) is 0 Å². The molecule has 0 aliphatic heterocycles. The molecule has 0 aromatic heterocycles. The number of benzene rings is 1. The number of esters is 1. The van der Waals surface area contributed by atoms with E-state index in [0.717, 1.165) is 19.2 Å². The van der Waals surface area contributed by atoms with Crippen molar-refractivity contribution in [3.63, 3.8) is 0 Å². The maximum absolute atomic E-state index is 13.2. The fraction of sp³-hybridized carbons (Fsp3) is 0.222. The Morgan fingerprint density at radius 1 is 1.50 bits per heavy atom. The van der Waals surface area contributed by atoms with E-state index in [2.05, 4.69) is 4.74 Å². The van der Waals surface area contributed by atoms with Crippen LogP contribution in [-0.4, -0.2) is 21.8 Å². The van der Waals surface area contributed by atoms with Gasteiger partial charge in [-0.05, 0) is 35.7 Å². The molecule has 0 aliphatic rings. The average Bonchev–Trinajstić information content (AvgIpc) is 2.20. The van der Waals surface area contributed by atoms with Gasteiger partial charge in [0, 0.05) is 4.90 Å². The third-order valence-electron chi connectivity index (χ3n) is 1.90. The van der Waals surface area contributed by atoms with Gasteiger partial charge in [-0.3, -0.25) is 4.21 Å². The molecule has 0 saturated heterocycles.